The quantitative estimate of drug-likeness (QED) is 0.621. The van der Waals surface area contributed by atoms with Crippen LogP contribution < -0.4 is 4.74 Å². The van der Waals surface area contributed by atoms with Gasteiger partial charge in [0.05, 0.1) is 4.47 Å². The number of hydrogen-bond acceptors (Lipinski definition) is 2. The molecule has 20 heavy (non-hydrogen) atoms. The lowest BCUT2D eigenvalue weighted by atomic mass is 10.2. The first-order valence-electron chi connectivity index (χ1n) is 5.53. The van der Waals surface area contributed by atoms with E-state index < -0.39 is 5.24 Å². The highest BCUT2D eigenvalue weighted by atomic mass is 79.9. The third kappa shape index (κ3) is 3.89. The molecule has 2 aromatic rings. The maximum absolute atomic E-state index is 11.0. The van der Waals surface area contributed by atoms with Gasteiger partial charge in [0.1, 0.15) is 12.4 Å². The summed E-state index contributed by atoms with van der Waals surface area (Å²) in [4.78, 5) is 11.0. The van der Waals surface area contributed by atoms with Crippen LogP contribution in [0.3, 0.4) is 0 Å². The zero-order valence-corrected chi connectivity index (χ0v) is 13.9. The molecule has 2 nitrogen and oxygen atoms in total. The van der Waals surface area contributed by atoms with Crippen LogP contribution in [0.15, 0.2) is 40.9 Å². The molecule has 0 aromatic heterocycles. The van der Waals surface area contributed by atoms with E-state index in [1.165, 1.54) is 0 Å². The van der Waals surface area contributed by atoms with Gasteiger partial charge in [-0.15, -0.1) is 0 Å². The van der Waals surface area contributed by atoms with Crippen LogP contribution in [0.1, 0.15) is 15.9 Å². The van der Waals surface area contributed by atoms with Gasteiger partial charge in [-0.05, 0) is 57.9 Å². The standard InChI is InChI=1S/C14H8BrCl3O2/c15-11-5-8(14(18)19)2-4-13(11)20-7-9-1-3-10(16)6-12(9)17/h1-6H,7H2. The first-order valence-corrected chi connectivity index (χ1v) is 7.46. The highest BCUT2D eigenvalue weighted by molar-refractivity contribution is 9.10. The molecule has 0 N–H and O–H groups in total. The minimum atomic E-state index is -0.516. The zero-order chi connectivity index (χ0) is 14.7. The van der Waals surface area contributed by atoms with Gasteiger partial charge in [0.25, 0.3) is 5.24 Å². The second-order valence-electron chi connectivity index (χ2n) is 3.94. The van der Waals surface area contributed by atoms with Gasteiger partial charge in [0, 0.05) is 21.2 Å². The van der Waals surface area contributed by atoms with E-state index in [-0.39, 0.29) is 0 Å². The fourth-order valence-corrected chi connectivity index (χ4v) is 2.61. The summed E-state index contributed by atoms with van der Waals surface area (Å²) in [6.45, 7) is 0.294. The van der Waals surface area contributed by atoms with Crippen LogP contribution in [0, 0.1) is 0 Å². The van der Waals surface area contributed by atoms with Crippen molar-refractivity contribution < 1.29 is 9.53 Å². The summed E-state index contributed by atoms with van der Waals surface area (Å²) in [7, 11) is 0. The first kappa shape index (κ1) is 15.6. The third-order valence-electron chi connectivity index (χ3n) is 2.56. The van der Waals surface area contributed by atoms with E-state index in [4.69, 9.17) is 39.5 Å². The molecule has 104 valence electrons. The lowest BCUT2D eigenvalue weighted by Gasteiger charge is -2.10. The Morgan fingerprint density at radius 2 is 1.90 bits per heavy atom. The van der Waals surface area contributed by atoms with Crippen LogP contribution in [0.5, 0.6) is 5.75 Å². The Hall–Kier alpha value is -0.740. The van der Waals surface area contributed by atoms with Crippen LogP contribution in [0.4, 0.5) is 0 Å². The topological polar surface area (TPSA) is 26.3 Å². The van der Waals surface area contributed by atoms with E-state index in [1.54, 1.807) is 36.4 Å². The monoisotopic (exact) mass is 392 g/mol. The number of carbonyl (C=O) groups excluding carboxylic acids is 1. The molecule has 0 fully saturated rings. The van der Waals surface area contributed by atoms with Crippen LogP contribution >= 0.6 is 50.7 Å². The maximum Gasteiger partial charge on any atom is 0.252 e. The predicted octanol–water partition coefficient (Wildman–Crippen LogP) is 5.71. The van der Waals surface area contributed by atoms with E-state index in [1.807, 2.05) is 0 Å². The third-order valence-corrected chi connectivity index (χ3v) is 3.98. The molecule has 2 rings (SSSR count). The molecule has 0 aliphatic carbocycles. The normalized spacial score (nSPS) is 10.4. The Bertz CT molecular complexity index is 659. The van der Waals surface area contributed by atoms with E-state index in [9.17, 15) is 4.79 Å². The Kier molecular flexibility index (Phi) is 5.33. The maximum atomic E-state index is 11.0. The van der Waals surface area contributed by atoms with Crippen LogP contribution in [0.2, 0.25) is 10.0 Å². The lowest BCUT2D eigenvalue weighted by Crippen LogP contribution is -1.98. The highest BCUT2D eigenvalue weighted by Gasteiger charge is 2.08. The molecular weight excluding hydrogens is 386 g/mol. The minimum Gasteiger partial charge on any atom is -0.488 e. The molecular formula is C14H8BrCl3O2. The molecule has 0 atom stereocenters. The van der Waals surface area contributed by atoms with E-state index >= 15 is 0 Å². The van der Waals surface area contributed by atoms with E-state index in [0.29, 0.717) is 32.4 Å². The molecule has 0 radical (unpaired) electrons. The molecule has 0 saturated heterocycles. The number of carbonyl (C=O) groups is 1. The molecule has 0 aliphatic heterocycles. The Morgan fingerprint density at radius 1 is 1.15 bits per heavy atom. The van der Waals surface area contributed by atoms with Crippen LogP contribution in [0.25, 0.3) is 0 Å². The first-order chi connectivity index (χ1) is 9.47. The molecule has 2 aromatic carbocycles. The number of hydrogen-bond donors (Lipinski definition) is 0. The fraction of sp³-hybridized carbons (Fsp3) is 0.0714. The number of benzene rings is 2. The summed E-state index contributed by atoms with van der Waals surface area (Å²) < 4.78 is 6.30. The molecule has 6 heteroatoms. The van der Waals surface area contributed by atoms with Gasteiger partial charge < -0.3 is 4.74 Å². The summed E-state index contributed by atoms with van der Waals surface area (Å²) in [5.74, 6) is 0.595. The molecule has 0 unspecified atom stereocenters. The molecule has 0 aliphatic rings. The SMILES string of the molecule is O=C(Cl)c1ccc(OCc2ccc(Cl)cc2Cl)c(Br)c1. The minimum absolute atomic E-state index is 0.294. The van der Waals surface area contributed by atoms with Crippen LogP contribution in [-0.2, 0) is 6.61 Å². The van der Waals surface area contributed by atoms with Crippen molar-refractivity contribution in [2.75, 3.05) is 0 Å². The van der Waals surface area contributed by atoms with Crippen molar-refractivity contribution in [1.82, 2.24) is 0 Å². The number of ether oxygens (including phenoxy) is 1. The van der Waals surface area contributed by atoms with Crippen molar-refractivity contribution in [2.24, 2.45) is 0 Å². The Morgan fingerprint density at radius 3 is 2.50 bits per heavy atom. The summed E-state index contributed by atoms with van der Waals surface area (Å²) in [6, 6.07) is 10.1. The molecule has 0 amide bonds. The van der Waals surface area contributed by atoms with Crippen LogP contribution in [-0.4, -0.2) is 5.24 Å². The molecule has 0 spiro atoms. The van der Waals surface area contributed by atoms with Gasteiger partial charge in [-0.3, -0.25) is 4.79 Å². The lowest BCUT2D eigenvalue weighted by molar-refractivity contribution is 0.108. The summed E-state index contributed by atoms with van der Waals surface area (Å²) in [6.07, 6.45) is 0. The number of halogens is 4. The van der Waals surface area contributed by atoms with Gasteiger partial charge in [-0.25, -0.2) is 0 Å². The second-order valence-corrected chi connectivity index (χ2v) is 5.98. The predicted molar refractivity (Wildman–Crippen MR) is 85.1 cm³/mol. The summed E-state index contributed by atoms with van der Waals surface area (Å²) in [5, 5.41) is 0.601. The zero-order valence-electron chi connectivity index (χ0n) is 10.00. The highest BCUT2D eigenvalue weighted by Crippen LogP contribution is 2.28. The van der Waals surface area contributed by atoms with E-state index in [0.717, 1.165) is 5.56 Å². The average Bonchev–Trinajstić information content (AvgIpc) is 2.38. The van der Waals surface area contributed by atoms with Crippen molar-refractivity contribution >= 4 is 56.0 Å². The summed E-state index contributed by atoms with van der Waals surface area (Å²) in [5.41, 5.74) is 1.22. The van der Waals surface area contributed by atoms with Gasteiger partial charge in [-0.1, -0.05) is 29.3 Å². The molecule has 0 saturated carbocycles. The van der Waals surface area contributed by atoms with Gasteiger partial charge in [-0.2, -0.15) is 0 Å². The van der Waals surface area contributed by atoms with E-state index in [2.05, 4.69) is 15.9 Å². The van der Waals surface area contributed by atoms with Gasteiger partial charge >= 0.3 is 0 Å². The Labute approximate surface area is 139 Å². The van der Waals surface area contributed by atoms with Gasteiger partial charge in [0.2, 0.25) is 0 Å². The van der Waals surface area contributed by atoms with Crippen molar-refractivity contribution in [3.05, 3.63) is 62.0 Å². The Balaban J connectivity index is 2.13. The van der Waals surface area contributed by atoms with Gasteiger partial charge in [0.15, 0.2) is 0 Å². The fourth-order valence-electron chi connectivity index (χ4n) is 1.53. The summed E-state index contributed by atoms with van der Waals surface area (Å²) >= 11 is 20.6. The largest absolute Gasteiger partial charge is 0.488 e. The average molecular weight is 394 g/mol. The van der Waals surface area contributed by atoms with Crippen molar-refractivity contribution in [2.45, 2.75) is 6.61 Å². The van der Waals surface area contributed by atoms with Crippen molar-refractivity contribution in [3.8, 4) is 5.75 Å². The van der Waals surface area contributed by atoms with Crippen molar-refractivity contribution in [3.63, 3.8) is 0 Å². The number of rotatable bonds is 4. The molecule has 0 bridgehead atoms. The molecule has 0 heterocycles. The second kappa shape index (κ2) is 6.81. The van der Waals surface area contributed by atoms with Crippen molar-refractivity contribution in [1.29, 1.82) is 0 Å². The smallest absolute Gasteiger partial charge is 0.252 e.